The molecule has 1 aliphatic rings. The molecule has 0 fully saturated rings. The van der Waals surface area contributed by atoms with E-state index in [4.69, 9.17) is 0 Å². The number of rotatable bonds is 2. The van der Waals surface area contributed by atoms with Gasteiger partial charge in [-0.25, -0.2) is 9.18 Å². The van der Waals surface area contributed by atoms with E-state index in [1.54, 1.807) is 6.20 Å². The van der Waals surface area contributed by atoms with Gasteiger partial charge in [0.2, 0.25) is 0 Å². The van der Waals surface area contributed by atoms with E-state index in [2.05, 4.69) is 4.74 Å². The summed E-state index contributed by atoms with van der Waals surface area (Å²) in [5.41, 5.74) is 1.93. The zero-order valence-corrected chi connectivity index (χ0v) is 11.3. The van der Waals surface area contributed by atoms with Crippen LogP contribution in [0.25, 0.3) is 10.9 Å². The van der Waals surface area contributed by atoms with E-state index in [1.807, 2.05) is 11.5 Å². The number of aromatic nitrogens is 1. The first-order chi connectivity index (χ1) is 9.52. The van der Waals surface area contributed by atoms with Crippen molar-refractivity contribution in [3.05, 3.63) is 35.3 Å². The molecule has 1 unspecified atom stereocenters. The molecule has 2 heterocycles. The lowest BCUT2D eigenvalue weighted by atomic mass is 9.98. The molecule has 1 atom stereocenters. The van der Waals surface area contributed by atoms with Crippen LogP contribution in [0.15, 0.2) is 18.3 Å². The summed E-state index contributed by atoms with van der Waals surface area (Å²) in [4.78, 5) is 23.5. The molecule has 20 heavy (non-hydrogen) atoms. The van der Waals surface area contributed by atoms with Crippen molar-refractivity contribution in [2.24, 2.45) is 0 Å². The highest BCUT2D eigenvalue weighted by Crippen LogP contribution is 2.35. The van der Waals surface area contributed by atoms with Gasteiger partial charge >= 0.3 is 5.97 Å². The number of carbonyl (C=O) groups excluding carboxylic acids is 2. The molecular weight excluding hydrogens is 261 g/mol. The number of ether oxygens (including phenoxy) is 1. The second-order valence-corrected chi connectivity index (χ2v) is 5.12. The van der Waals surface area contributed by atoms with Gasteiger partial charge in [0.25, 0.3) is 5.78 Å². The van der Waals surface area contributed by atoms with Gasteiger partial charge in [-0.2, -0.15) is 0 Å². The average Bonchev–Trinajstić information content (AvgIpc) is 2.81. The minimum atomic E-state index is -0.929. The maximum Gasteiger partial charge on any atom is 0.379 e. The van der Waals surface area contributed by atoms with Gasteiger partial charge < -0.3 is 9.30 Å². The molecule has 0 saturated heterocycles. The first-order valence-corrected chi connectivity index (χ1v) is 6.48. The van der Waals surface area contributed by atoms with Crippen molar-refractivity contribution in [1.29, 1.82) is 0 Å². The standard InChI is InChI=1S/C15H14FNO3/c1-8-3-4-9-5-10(16)6-11-12(7-17(8)13(9)11)14(18)15(19)20-2/h5-8H,3-4H2,1-2H3. The van der Waals surface area contributed by atoms with Crippen molar-refractivity contribution in [3.8, 4) is 0 Å². The molecule has 5 heteroatoms. The molecule has 0 bridgehead atoms. The summed E-state index contributed by atoms with van der Waals surface area (Å²) in [6, 6.07) is 3.02. The molecule has 1 aromatic heterocycles. The predicted octanol–water partition coefficient (Wildman–Crippen LogP) is 2.64. The minimum absolute atomic E-state index is 0.210. The molecule has 0 amide bonds. The second-order valence-electron chi connectivity index (χ2n) is 5.12. The average molecular weight is 275 g/mol. The van der Waals surface area contributed by atoms with E-state index >= 15 is 0 Å². The summed E-state index contributed by atoms with van der Waals surface area (Å²) in [6.07, 6.45) is 3.29. The topological polar surface area (TPSA) is 48.3 Å². The number of methoxy groups -OCH3 is 1. The minimum Gasteiger partial charge on any atom is -0.463 e. The van der Waals surface area contributed by atoms with Crippen LogP contribution in [0.1, 0.15) is 35.3 Å². The van der Waals surface area contributed by atoms with Gasteiger partial charge in [0.05, 0.1) is 18.2 Å². The molecule has 2 aromatic rings. The van der Waals surface area contributed by atoms with Crippen LogP contribution in [0, 0.1) is 5.82 Å². The van der Waals surface area contributed by atoms with E-state index in [9.17, 15) is 14.0 Å². The molecular formula is C15H14FNO3. The SMILES string of the molecule is COC(=O)C(=O)c1cn2c3c(cc(F)cc13)CCC2C. The largest absolute Gasteiger partial charge is 0.463 e. The van der Waals surface area contributed by atoms with Crippen LogP contribution in [0.4, 0.5) is 4.39 Å². The van der Waals surface area contributed by atoms with Crippen LogP contribution < -0.4 is 0 Å². The zero-order chi connectivity index (χ0) is 14.4. The van der Waals surface area contributed by atoms with E-state index in [0.717, 1.165) is 31.0 Å². The lowest BCUT2D eigenvalue weighted by Gasteiger charge is -2.22. The van der Waals surface area contributed by atoms with Gasteiger partial charge in [0.15, 0.2) is 0 Å². The second kappa shape index (κ2) is 4.44. The number of Topliss-reactive ketones (excluding diaryl/α,β-unsaturated/α-hetero) is 1. The third kappa shape index (κ3) is 1.73. The summed E-state index contributed by atoms with van der Waals surface area (Å²) in [7, 11) is 1.16. The monoisotopic (exact) mass is 275 g/mol. The summed E-state index contributed by atoms with van der Waals surface area (Å²) in [5.74, 6) is -2.05. The van der Waals surface area contributed by atoms with E-state index in [0.29, 0.717) is 5.39 Å². The van der Waals surface area contributed by atoms with Gasteiger partial charge in [0.1, 0.15) is 5.82 Å². The van der Waals surface area contributed by atoms with Crippen molar-refractivity contribution in [2.45, 2.75) is 25.8 Å². The summed E-state index contributed by atoms with van der Waals surface area (Å²) in [6.45, 7) is 2.04. The summed E-state index contributed by atoms with van der Waals surface area (Å²) in [5, 5.41) is 0.488. The lowest BCUT2D eigenvalue weighted by molar-refractivity contribution is -0.135. The third-order valence-electron chi connectivity index (χ3n) is 3.89. The summed E-state index contributed by atoms with van der Waals surface area (Å²) < 4.78 is 20.1. The fourth-order valence-corrected chi connectivity index (χ4v) is 2.86. The maximum absolute atomic E-state index is 13.7. The van der Waals surface area contributed by atoms with Crippen LogP contribution in [0.3, 0.4) is 0 Å². The number of hydrogen-bond acceptors (Lipinski definition) is 3. The van der Waals surface area contributed by atoms with Crippen molar-refractivity contribution in [1.82, 2.24) is 4.57 Å². The number of halogens is 1. The number of aryl methyl sites for hydroxylation is 1. The van der Waals surface area contributed by atoms with Crippen LogP contribution >= 0.6 is 0 Å². The molecule has 4 nitrogen and oxygen atoms in total. The zero-order valence-electron chi connectivity index (χ0n) is 11.3. The van der Waals surface area contributed by atoms with Gasteiger partial charge in [-0.05, 0) is 37.5 Å². The molecule has 0 N–H and O–H groups in total. The number of hydrogen-bond donors (Lipinski definition) is 0. The van der Waals surface area contributed by atoms with Crippen LogP contribution in [0.5, 0.6) is 0 Å². The Morgan fingerprint density at radius 3 is 2.85 bits per heavy atom. The lowest BCUT2D eigenvalue weighted by Crippen LogP contribution is -2.15. The fraction of sp³-hybridized carbons (Fsp3) is 0.333. The van der Waals surface area contributed by atoms with Gasteiger partial charge in [-0.1, -0.05) is 0 Å². The predicted molar refractivity (Wildman–Crippen MR) is 71.3 cm³/mol. The highest BCUT2D eigenvalue weighted by atomic mass is 19.1. The number of esters is 1. The molecule has 0 spiro atoms. The van der Waals surface area contributed by atoms with Gasteiger partial charge in [-0.3, -0.25) is 4.79 Å². The fourth-order valence-electron chi connectivity index (χ4n) is 2.86. The number of carbonyl (C=O) groups is 2. The van der Waals surface area contributed by atoms with Crippen LogP contribution in [0.2, 0.25) is 0 Å². The number of nitrogens with zero attached hydrogens (tertiary/aromatic N) is 1. The molecule has 3 rings (SSSR count). The molecule has 0 aliphatic carbocycles. The Morgan fingerprint density at radius 1 is 1.40 bits per heavy atom. The molecule has 0 radical (unpaired) electrons. The normalized spacial score (nSPS) is 17.2. The molecule has 1 aliphatic heterocycles. The number of benzene rings is 1. The Bertz CT molecular complexity index is 732. The Morgan fingerprint density at radius 2 is 2.15 bits per heavy atom. The van der Waals surface area contributed by atoms with Crippen LogP contribution in [-0.2, 0) is 16.0 Å². The molecule has 1 aromatic carbocycles. The smallest absolute Gasteiger partial charge is 0.379 e. The quantitative estimate of drug-likeness (QED) is 0.481. The first-order valence-electron chi connectivity index (χ1n) is 6.48. The van der Waals surface area contributed by atoms with Gasteiger partial charge in [0, 0.05) is 17.6 Å². The molecule has 104 valence electrons. The Balaban J connectivity index is 2.30. The number of ketones is 1. The van der Waals surface area contributed by atoms with Crippen LogP contribution in [-0.4, -0.2) is 23.4 Å². The van der Waals surface area contributed by atoms with Crippen molar-refractivity contribution < 1.29 is 18.7 Å². The van der Waals surface area contributed by atoms with Crippen molar-refractivity contribution >= 4 is 22.7 Å². The Labute approximate surface area is 115 Å². The Hall–Kier alpha value is -2.17. The van der Waals surface area contributed by atoms with Gasteiger partial charge in [-0.15, -0.1) is 0 Å². The first kappa shape index (κ1) is 12.8. The molecule has 0 saturated carbocycles. The Kier molecular flexibility index (Phi) is 2.85. The summed E-state index contributed by atoms with van der Waals surface area (Å²) >= 11 is 0. The highest BCUT2D eigenvalue weighted by molar-refractivity contribution is 6.43. The third-order valence-corrected chi connectivity index (χ3v) is 3.89. The van der Waals surface area contributed by atoms with E-state index in [-0.39, 0.29) is 11.6 Å². The van der Waals surface area contributed by atoms with E-state index < -0.39 is 17.6 Å². The highest BCUT2D eigenvalue weighted by Gasteiger charge is 2.27. The van der Waals surface area contributed by atoms with Crippen molar-refractivity contribution in [2.75, 3.05) is 7.11 Å². The van der Waals surface area contributed by atoms with Crippen molar-refractivity contribution in [3.63, 3.8) is 0 Å². The van der Waals surface area contributed by atoms with E-state index in [1.165, 1.54) is 12.1 Å². The maximum atomic E-state index is 13.7.